The summed E-state index contributed by atoms with van der Waals surface area (Å²) in [5, 5.41) is 3.01. The summed E-state index contributed by atoms with van der Waals surface area (Å²) in [6, 6.07) is 0. The van der Waals surface area contributed by atoms with Gasteiger partial charge in [0, 0.05) is 18.7 Å². The van der Waals surface area contributed by atoms with Crippen molar-refractivity contribution in [1.82, 2.24) is 10.0 Å². The van der Waals surface area contributed by atoms with Crippen LogP contribution in [0.4, 0.5) is 0 Å². The van der Waals surface area contributed by atoms with Crippen LogP contribution in [0.2, 0.25) is 0 Å². The number of hydrogen-bond donors (Lipinski definition) is 2. The maximum atomic E-state index is 12.0. The molecule has 2 N–H and O–H groups in total. The fourth-order valence-electron chi connectivity index (χ4n) is 1.59. The zero-order valence-corrected chi connectivity index (χ0v) is 12.6. The van der Waals surface area contributed by atoms with Crippen LogP contribution in [0.25, 0.3) is 0 Å². The second-order valence-electron chi connectivity index (χ2n) is 4.43. The molecule has 2 unspecified atom stereocenters. The van der Waals surface area contributed by atoms with Gasteiger partial charge in [-0.1, -0.05) is 32.0 Å². The Balaban J connectivity index is 2.17. The topological polar surface area (TPSA) is 70.6 Å². The Labute approximate surface area is 117 Å². The molecule has 0 saturated carbocycles. The first-order chi connectivity index (χ1) is 8.42. The third-order valence-electron chi connectivity index (χ3n) is 2.85. The molecule has 0 aliphatic carbocycles. The van der Waals surface area contributed by atoms with Gasteiger partial charge >= 0.3 is 0 Å². The number of sulfonamides is 1. The summed E-state index contributed by atoms with van der Waals surface area (Å²) < 4.78 is 26.4. The molecule has 0 radical (unpaired) electrons. The second-order valence-corrected chi connectivity index (χ2v) is 8.31. The third kappa shape index (κ3) is 2.95. The van der Waals surface area contributed by atoms with E-state index in [9.17, 15) is 8.42 Å². The summed E-state index contributed by atoms with van der Waals surface area (Å²) >= 11 is 7.13. The van der Waals surface area contributed by atoms with Gasteiger partial charge in [-0.3, -0.25) is 4.99 Å². The van der Waals surface area contributed by atoms with Crippen LogP contribution < -0.4 is 10.0 Å². The van der Waals surface area contributed by atoms with Crippen LogP contribution in [0, 0.1) is 5.92 Å². The molecule has 0 bridgehead atoms. The van der Waals surface area contributed by atoms with E-state index in [1.165, 1.54) is 0 Å². The van der Waals surface area contributed by atoms with Crippen molar-refractivity contribution in [3.63, 3.8) is 0 Å². The molecular weight excluding hydrogens is 294 g/mol. The minimum Gasteiger partial charge on any atom is -0.327 e. The number of nitrogens with zero attached hydrogens (tertiary/aromatic N) is 1. The monoisotopic (exact) mass is 309 g/mol. The van der Waals surface area contributed by atoms with Crippen LogP contribution in [0.3, 0.4) is 0 Å². The molecular formula is C10H16ClN3O2S2. The molecule has 18 heavy (non-hydrogen) atoms. The lowest BCUT2D eigenvalue weighted by atomic mass is 10.1. The average molecular weight is 310 g/mol. The molecule has 5 nitrogen and oxygen atoms in total. The number of nitrogens with one attached hydrogen (secondary N) is 2. The van der Waals surface area contributed by atoms with Crippen LogP contribution in [0.15, 0.2) is 14.9 Å². The molecule has 102 valence electrons. The second kappa shape index (κ2) is 5.30. The first kappa shape index (κ1) is 14.0. The first-order valence-corrected chi connectivity index (χ1v) is 8.60. The predicted octanol–water partition coefficient (Wildman–Crippen LogP) is 1.78. The molecule has 0 aromatic heterocycles. The largest absolute Gasteiger partial charge is 0.327 e. The normalized spacial score (nSPS) is 29.7. The maximum Gasteiger partial charge on any atom is 0.272 e. The fraction of sp³-hybridized carbons (Fsp3) is 0.700. The Bertz CT molecular complexity index is 501. The lowest BCUT2D eigenvalue weighted by Gasteiger charge is -2.20. The highest BCUT2D eigenvalue weighted by Gasteiger charge is 2.37. The number of guanidine groups is 1. The van der Waals surface area contributed by atoms with Gasteiger partial charge in [-0.25, -0.2) is 13.1 Å². The number of allylic oxidation sites excluding steroid dienone is 1. The predicted molar refractivity (Wildman–Crippen MR) is 75.8 cm³/mol. The van der Waals surface area contributed by atoms with Crippen molar-refractivity contribution in [3.8, 4) is 0 Å². The summed E-state index contributed by atoms with van der Waals surface area (Å²) in [6.07, 6.45) is 1.53. The zero-order chi connectivity index (χ0) is 13.3. The fourth-order valence-corrected chi connectivity index (χ4v) is 4.83. The molecule has 2 rings (SSSR count). The highest BCUT2D eigenvalue weighted by Crippen LogP contribution is 2.42. The number of halogens is 1. The van der Waals surface area contributed by atoms with E-state index >= 15 is 0 Å². The lowest BCUT2D eigenvalue weighted by molar-refractivity contribution is 0.573. The van der Waals surface area contributed by atoms with Crippen LogP contribution in [0.5, 0.6) is 0 Å². The molecule has 2 aliphatic rings. The van der Waals surface area contributed by atoms with E-state index in [-0.39, 0.29) is 4.71 Å². The van der Waals surface area contributed by atoms with Crippen LogP contribution in [-0.4, -0.2) is 25.6 Å². The molecule has 2 aliphatic heterocycles. The van der Waals surface area contributed by atoms with Crippen molar-refractivity contribution in [2.24, 2.45) is 10.9 Å². The van der Waals surface area contributed by atoms with Gasteiger partial charge in [-0.2, -0.15) is 0 Å². The van der Waals surface area contributed by atoms with Gasteiger partial charge in [0.2, 0.25) is 5.96 Å². The van der Waals surface area contributed by atoms with Gasteiger partial charge in [0.15, 0.2) is 0 Å². The maximum absolute atomic E-state index is 12.0. The van der Waals surface area contributed by atoms with Gasteiger partial charge < -0.3 is 5.32 Å². The van der Waals surface area contributed by atoms with Crippen molar-refractivity contribution in [2.45, 2.75) is 31.4 Å². The van der Waals surface area contributed by atoms with Gasteiger partial charge in [0.25, 0.3) is 10.0 Å². The molecule has 0 saturated heterocycles. The number of aliphatic imine (C=N–C) groups is 1. The Hall–Kier alpha value is -0.400. The molecule has 2 heterocycles. The van der Waals surface area contributed by atoms with Gasteiger partial charge in [-0.15, -0.1) is 11.6 Å². The third-order valence-corrected chi connectivity index (χ3v) is 6.30. The zero-order valence-electron chi connectivity index (χ0n) is 10.2. The van der Waals surface area contributed by atoms with E-state index < -0.39 is 10.0 Å². The van der Waals surface area contributed by atoms with E-state index in [1.807, 2.05) is 0 Å². The molecule has 2 atom stereocenters. The average Bonchev–Trinajstić information content (AvgIpc) is 2.67. The SMILES string of the molecule is CCC(C)CN=C1NC2=C(SC(Cl)C2)S(=O)(=O)N1. The molecule has 0 spiro atoms. The first-order valence-electron chi connectivity index (χ1n) is 5.80. The van der Waals surface area contributed by atoms with Gasteiger partial charge in [0.1, 0.15) is 4.24 Å². The molecule has 8 heteroatoms. The number of rotatable bonds is 3. The lowest BCUT2D eigenvalue weighted by Crippen LogP contribution is -2.45. The molecule has 0 fully saturated rings. The highest BCUT2D eigenvalue weighted by atomic mass is 35.5. The minimum absolute atomic E-state index is 0.229. The Morgan fingerprint density at radius 3 is 3.00 bits per heavy atom. The van der Waals surface area contributed by atoms with Crippen molar-refractivity contribution in [2.75, 3.05) is 6.54 Å². The van der Waals surface area contributed by atoms with Crippen molar-refractivity contribution in [1.29, 1.82) is 0 Å². The standard InChI is InChI=1S/C10H16ClN3O2S2/c1-3-6(2)5-12-10-13-7-4-8(11)17-9(7)18(15,16)14-10/h6,8H,3-5H2,1-2H3,(H2,12,13,14). The smallest absolute Gasteiger partial charge is 0.272 e. The van der Waals surface area contributed by atoms with Crippen molar-refractivity contribution in [3.05, 3.63) is 9.93 Å². The van der Waals surface area contributed by atoms with Crippen LogP contribution >= 0.6 is 23.4 Å². The van der Waals surface area contributed by atoms with E-state index in [1.54, 1.807) is 0 Å². The van der Waals surface area contributed by atoms with Crippen LogP contribution in [0.1, 0.15) is 26.7 Å². The van der Waals surface area contributed by atoms with E-state index in [4.69, 9.17) is 11.6 Å². The molecule has 0 aromatic rings. The van der Waals surface area contributed by atoms with E-state index in [0.29, 0.717) is 34.8 Å². The number of alkyl halides is 1. The van der Waals surface area contributed by atoms with Gasteiger partial charge in [-0.05, 0) is 5.92 Å². The minimum atomic E-state index is -3.48. The Morgan fingerprint density at radius 1 is 1.61 bits per heavy atom. The van der Waals surface area contributed by atoms with Crippen molar-refractivity contribution >= 4 is 39.3 Å². The summed E-state index contributed by atoms with van der Waals surface area (Å²) in [5.41, 5.74) is 0.654. The number of hydrogen-bond acceptors (Lipinski definition) is 4. The highest BCUT2D eigenvalue weighted by molar-refractivity contribution is 8.19. The summed E-state index contributed by atoms with van der Waals surface area (Å²) in [5.74, 6) is 0.735. The Morgan fingerprint density at radius 2 is 2.33 bits per heavy atom. The van der Waals surface area contributed by atoms with Gasteiger partial charge in [0.05, 0.1) is 4.71 Å². The summed E-state index contributed by atoms with van der Waals surface area (Å²) in [7, 11) is -3.48. The summed E-state index contributed by atoms with van der Waals surface area (Å²) in [6.45, 7) is 4.75. The quantitative estimate of drug-likeness (QED) is 0.780. The Kier molecular flexibility index (Phi) is 4.13. The van der Waals surface area contributed by atoms with E-state index in [2.05, 4.69) is 28.9 Å². The van der Waals surface area contributed by atoms with E-state index in [0.717, 1.165) is 18.2 Å². The van der Waals surface area contributed by atoms with Crippen molar-refractivity contribution < 1.29 is 8.42 Å². The molecule has 0 aromatic carbocycles. The molecule has 0 amide bonds. The number of thioether (sulfide) groups is 1. The van der Waals surface area contributed by atoms with Crippen LogP contribution in [-0.2, 0) is 10.0 Å². The summed E-state index contributed by atoms with van der Waals surface area (Å²) in [4.78, 5) is 4.26.